The molecule has 0 fully saturated rings. The fourth-order valence-corrected chi connectivity index (χ4v) is 18.7. The topological polar surface area (TPSA) is 120 Å². The molecule has 0 unspecified atom stereocenters. The molecule has 8 aromatic heterocycles. The van der Waals surface area contributed by atoms with E-state index >= 15 is 0 Å². The van der Waals surface area contributed by atoms with Gasteiger partial charge in [-0.1, -0.05) is 254 Å². The first-order valence-electron chi connectivity index (χ1n) is 49.3. The zero-order valence-corrected chi connectivity index (χ0v) is 90.0. The van der Waals surface area contributed by atoms with Crippen LogP contribution in [0, 0.1) is 49.7 Å². The quantitative estimate of drug-likeness (QED) is 0.0682. The summed E-state index contributed by atoms with van der Waals surface area (Å²) in [5.41, 5.74) is 28.4. The maximum atomic E-state index is 4.64. The SMILES string of the molecule is CC(C)c1cccc(C(C)C)c1-n1ccnc1-c1[c-]cccc1.CC(C)c1cccc(C(C)C)c1-n1ccnc1-c1[c-]cccc1.CC(C)c1cccc(C(C)C)c1-n1ccnc1-c1[c-]cccc1.CC(C)c1cccc(C(C)C)c1-n1ccnc1-c1[c-]cccc1.CN1C=CN(c2[c-]cc3c(c2)c2cccnc2n3-c2ccccc2)[CH-]1.CN1C=CN(c2[c-]cc3c(c2)c2cccnc2n3-c2ccccc2)[CH-]1.[Ir].[Ir]. The Morgan fingerprint density at radius 1 is 0.250 bits per heavy atom. The van der Waals surface area contributed by atoms with Crippen molar-refractivity contribution >= 4 is 55.2 Å². The van der Waals surface area contributed by atoms with E-state index in [2.05, 4.69) is 397 Å². The van der Waals surface area contributed by atoms with Gasteiger partial charge in [0.15, 0.2) is 0 Å². The molecule has 18 heteroatoms. The maximum Gasteiger partial charge on any atom is 0.132 e. The van der Waals surface area contributed by atoms with Crippen LogP contribution < -0.4 is 9.80 Å². The second-order valence-electron chi connectivity index (χ2n) is 38.3. The minimum Gasteiger partial charge on any atom is -0.510 e. The molecule has 2 aliphatic rings. The number of aromatic nitrogens is 12. The molecule has 0 bridgehead atoms. The van der Waals surface area contributed by atoms with Gasteiger partial charge in [-0.25, -0.2) is 9.97 Å². The van der Waals surface area contributed by atoms with Gasteiger partial charge in [0, 0.05) is 147 Å². The molecule has 0 amide bonds. The van der Waals surface area contributed by atoms with Crippen molar-refractivity contribution in [3.8, 4) is 79.7 Å². The third-order valence-electron chi connectivity index (χ3n) is 25.7. The molecule has 12 aromatic carbocycles. The van der Waals surface area contributed by atoms with Crippen LogP contribution in [0.3, 0.4) is 0 Å². The van der Waals surface area contributed by atoms with Gasteiger partial charge in [-0.05, 0) is 167 Å². The molecular formula is C126H124Ir2N16-8. The van der Waals surface area contributed by atoms with Crippen LogP contribution in [-0.2, 0) is 40.2 Å². The number of fused-ring (bicyclic) bond motifs is 6. The second-order valence-corrected chi connectivity index (χ2v) is 38.3. The Balaban J connectivity index is 0.000000130. The Morgan fingerprint density at radius 3 is 0.736 bits per heavy atom. The Morgan fingerprint density at radius 2 is 0.507 bits per heavy atom. The molecule has 10 heterocycles. The van der Waals surface area contributed by atoms with E-state index in [0.717, 1.165) is 101 Å². The Kier molecular flexibility index (Phi) is 34.2. The minimum absolute atomic E-state index is 0. The number of benzene rings is 12. The van der Waals surface area contributed by atoms with Crippen molar-refractivity contribution < 1.29 is 40.2 Å². The van der Waals surface area contributed by atoms with E-state index in [9.17, 15) is 0 Å². The molecule has 0 aliphatic carbocycles. The predicted molar refractivity (Wildman–Crippen MR) is 586 cm³/mol. The first-order valence-corrected chi connectivity index (χ1v) is 49.3. The van der Waals surface area contributed by atoms with Gasteiger partial charge in [-0.2, -0.15) is 37.6 Å². The van der Waals surface area contributed by atoms with Gasteiger partial charge in [-0.15, -0.1) is 167 Å². The number of nitrogens with zero attached hydrogens (tertiary/aromatic N) is 16. The molecule has 144 heavy (non-hydrogen) atoms. The summed E-state index contributed by atoms with van der Waals surface area (Å²) in [6.07, 6.45) is 27.5. The summed E-state index contributed by atoms with van der Waals surface area (Å²) in [6, 6.07) is 116. The predicted octanol–water partition coefficient (Wildman–Crippen LogP) is 31.0. The summed E-state index contributed by atoms with van der Waals surface area (Å²) in [5.74, 6) is 7.44. The van der Waals surface area contributed by atoms with E-state index in [0.29, 0.717) is 47.3 Å². The largest absolute Gasteiger partial charge is 0.510 e. The fraction of sp³-hybridized carbons (Fsp3) is 0.206. The van der Waals surface area contributed by atoms with Gasteiger partial charge in [0.25, 0.3) is 0 Å². The number of pyridine rings is 2. The van der Waals surface area contributed by atoms with Gasteiger partial charge in [0.2, 0.25) is 0 Å². The van der Waals surface area contributed by atoms with Crippen LogP contribution in [0.2, 0.25) is 0 Å². The van der Waals surface area contributed by atoms with Crippen molar-refractivity contribution in [3.63, 3.8) is 0 Å². The Bertz CT molecular complexity index is 6840. The fourth-order valence-electron chi connectivity index (χ4n) is 18.7. The summed E-state index contributed by atoms with van der Waals surface area (Å²) in [7, 11) is 4.03. The number of hydrogen-bond donors (Lipinski definition) is 0. The minimum atomic E-state index is 0. The average molecular weight is 2250 g/mol. The molecule has 0 saturated carbocycles. The van der Waals surface area contributed by atoms with Crippen molar-refractivity contribution in [3.05, 3.63) is 460 Å². The van der Waals surface area contributed by atoms with E-state index in [1.165, 1.54) is 78.0 Å². The molecule has 734 valence electrons. The molecule has 22 rings (SSSR count). The monoisotopic (exact) mass is 2250 g/mol. The Hall–Kier alpha value is -14.6. The zero-order valence-electron chi connectivity index (χ0n) is 85.2. The van der Waals surface area contributed by atoms with E-state index < -0.39 is 0 Å². The molecular weight excluding hydrogens is 2120 g/mol. The average Bonchev–Trinajstić information content (AvgIpc) is 1.59. The zero-order chi connectivity index (χ0) is 99.2. The summed E-state index contributed by atoms with van der Waals surface area (Å²) in [6.45, 7) is 40.0. The molecule has 0 N–H and O–H groups in total. The summed E-state index contributed by atoms with van der Waals surface area (Å²) in [5, 5.41) is 4.65. The first kappa shape index (κ1) is 104. The number of rotatable bonds is 20. The number of para-hydroxylation sites is 6. The number of imidazole rings is 4. The van der Waals surface area contributed by atoms with Crippen LogP contribution >= 0.6 is 0 Å². The molecule has 16 nitrogen and oxygen atoms in total. The van der Waals surface area contributed by atoms with Crippen molar-refractivity contribution in [2.75, 3.05) is 23.9 Å². The van der Waals surface area contributed by atoms with Gasteiger partial charge in [0.05, 0.1) is 23.3 Å². The smallest absolute Gasteiger partial charge is 0.132 e. The van der Waals surface area contributed by atoms with Crippen molar-refractivity contribution in [1.29, 1.82) is 0 Å². The van der Waals surface area contributed by atoms with Gasteiger partial charge < -0.3 is 47.0 Å². The van der Waals surface area contributed by atoms with E-state index in [4.69, 9.17) is 0 Å². The Labute approximate surface area is 877 Å². The number of hydrogen-bond acceptors (Lipinski definition) is 10. The van der Waals surface area contributed by atoms with Crippen molar-refractivity contribution in [2.24, 2.45) is 0 Å². The van der Waals surface area contributed by atoms with E-state index in [1.54, 1.807) is 0 Å². The van der Waals surface area contributed by atoms with E-state index in [-0.39, 0.29) is 40.2 Å². The third kappa shape index (κ3) is 22.7. The van der Waals surface area contributed by atoms with Crippen LogP contribution in [0.5, 0.6) is 0 Å². The van der Waals surface area contributed by atoms with Crippen LogP contribution in [0.1, 0.15) is 203 Å². The van der Waals surface area contributed by atoms with Crippen LogP contribution in [-0.4, -0.2) is 81.2 Å². The molecule has 2 radical (unpaired) electrons. The summed E-state index contributed by atoms with van der Waals surface area (Å²) >= 11 is 0. The standard InChI is InChI=1S/2C21H16N4.4C21H23N2.2Ir/c2*1-23-12-13-24(15-23)17-9-10-20-19(14-17)18-8-5-11-22-21(18)25(20)16-6-3-2-4-7-16;4*1-15(2)18-11-8-12-19(16(3)4)20(18)23-14-13-22-21(23)17-9-6-5-7-10-17;;/h2*2-8,10-15H,1H3;4*5-9,11-16H,1-4H3;;/q2*-2;4*-1;;. The van der Waals surface area contributed by atoms with Crippen molar-refractivity contribution in [1.82, 2.24) is 67.1 Å². The summed E-state index contributed by atoms with van der Waals surface area (Å²) in [4.78, 5) is 35.8. The number of anilines is 2. The summed E-state index contributed by atoms with van der Waals surface area (Å²) < 4.78 is 13.3. The molecule has 0 atom stereocenters. The molecule has 20 aromatic rings. The third-order valence-corrected chi connectivity index (χ3v) is 25.7. The van der Waals surface area contributed by atoms with Crippen molar-refractivity contribution in [2.45, 2.75) is 158 Å². The van der Waals surface area contributed by atoms with Gasteiger partial charge >= 0.3 is 0 Å². The first-order chi connectivity index (χ1) is 69.0. The molecule has 0 spiro atoms. The van der Waals surface area contributed by atoms with Gasteiger partial charge in [0.1, 0.15) is 11.3 Å². The van der Waals surface area contributed by atoms with Crippen LogP contribution in [0.15, 0.2) is 366 Å². The molecule has 0 saturated heterocycles. The maximum absolute atomic E-state index is 4.64. The van der Waals surface area contributed by atoms with E-state index in [1.807, 2.05) is 221 Å². The molecule has 2 aliphatic heterocycles. The van der Waals surface area contributed by atoms with Crippen LogP contribution in [0.25, 0.3) is 124 Å². The van der Waals surface area contributed by atoms with Crippen LogP contribution in [0.4, 0.5) is 11.4 Å². The second kappa shape index (κ2) is 47.5. The normalized spacial score (nSPS) is 12.2. The van der Waals surface area contributed by atoms with Gasteiger partial charge in [-0.3, -0.25) is 19.9 Å².